The lowest BCUT2D eigenvalue weighted by atomic mass is 10.0. The van der Waals surface area contributed by atoms with Gasteiger partial charge in [0, 0.05) is 34.7 Å². The summed E-state index contributed by atoms with van der Waals surface area (Å²) in [6.07, 6.45) is 0.996. The first-order valence-corrected chi connectivity index (χ1v) is 12.3. The third-order valence-electron chi connectivity index (χ3n) is 5.53. The van der Waals surface area contributed by atoms with Crippen LogP contribution in [-0.2, 0) is 12.8 Å². The second-order valence-electron chi connectivity index (χ2n) is 8.10. The van der Waals surface area contributed by atoms with Crippen molar-refractivity contribution < 1.29 is 17.9 Å². The summed E-state index contributed by atoms with van der Waals surface area (Å²) in [5.41, 5.74) is -0.686. The van der Waals surface area contributed by atoms with E-state index in [1.165, 1.54) is 53.6 Å². The van der Waals surface area contributed by atoms with Crippen molar-refractivity contribution in [3.63, 3.8) is 0 Å². The number of alkyl halides is 3. The molecule has 39 heavy (non-hydrogen) atoms. The molecule has 0 aliphatic carbocycles. The van der Waals surface area contributed by atoms with Crippen molar-refractivity contribution in [3.05, 3.63) is 113 Å². The highest BCUT2D eigenvalue weighted by Gasteiger charge is 2.36. The molecule has 0 radical (unpaired) electrons. The Kier molecular flexibility index (Phi) is 6.93. The van der Waals surface area contributed by atoms with Crippen LogP contribution in [-0.4, -0.2) is 24.5 Å². The number of rotatable bonds is 6. The van der Waals surface area contributed by atoms with Crippen LogP contribution in [0.2, 0.25) is 5.02 Å². The fourth-order valence-electron chi connectivity index (χ4n) is 3.80. The van der Waals surface area contributed by atoms with E-state index < -0.39 is 35.3 Å². The molecule has 5 rings (SSSR count). The Morgan fingerprint density at radius 1 is 1.08 bits per heavy atom. The first-order chi connectivity index (χ1) is 18.6. The second kappa shape index (κ2) is 10.3. The topological polar surface area (TPSA) is 123 Å². The summed E-state index contributed by atoms with van der Waals surface area (Å²) in [7, 11) is 0. The van der Waals surface area contributed by atoms with E-state index in [0.717, 1.165) is 16.8 Å². The summed E-state index contributed by atoms with van der Waals surface area (Å²) in [6.45, 7) is -0.425. The van der Waals surface area contributed by atoms with Gasteiger partial charge in [-0.1, -0.05) is 11.6 Å². The first-order valence-electron chi connectivity index (χ1n) is 11.0. The molecule has 0 saturated carbocycles. The van der Waals surface area contributed by atoms with Crippen LogP contribution in [0.1, 0.15) is 10.6 Å². The van der Waals surface area contributed by atoms with Crippen molar-refractivity contribution in [1.29, 1.82) is 0 Å². The number of halogens is 4. The van der Waals surface area contributed by atoms with Crippen molar-refractivity contribution in [2.75, 3.05) is 0 Å². The number of pyridine rings is 2. The van der Waals surface area contributed by atoms with E-state index >= 15 is 0 Å². The van der Waals surface area contributed by atoms with Crippen LogP contribution in [0.25, 0.3) is 27.9 Å². The monoisotopic (exact) mass is 573 g/mol. The zero-order chi connectivity index (χ0) is 27.7. The molecule has 0 atom stereocenters. The number of aromatic amines is 2. The molecule has 5 aromatic rings. The molecule has 0 unspecified atom stereocenters. The van der Waals surface area contributed by atoms with Gasteiger partial charge >= 0.3 is 11.9 Å². The number of aromatic nitrogens is 5. The highest BCUT2D eigenvalue weighted by molar-refractivity contribution is 7.09. The summed E-state index contributed by atoms with van der Waals surface area (Å²) in [6, 6.07) is 9.03. The van der Waals surface area contributed by atoms with Crippen LogP contribution in [0.3, 0.4) is 0 Å². The van der Waals surface area contributed by atoms with Gasteiger partial charge in [0.25, 0.3) is 11.1 Å². The number of H-pyrrole nitrogens is 2. The molecule has 9 nitrogen and oxygen atoms in total. The Morgan fingerprint density at radius 2 is 1.90 bits per heavy atom. The average molecular weight is 574 g/mol. The standard InChI is InChI=1S/C25H15ClF3N5O4S/c26-15-4-13(5-17(7-15)38-11-20-21(25(27,28)29)32-12-39-20)18-6-14(19-9-31-24(37)33-22(19)35)10-34(23(18)36)16-2-1-3-30-8-16/h1-10,12H,11H2,(H2,31,33,35,37). The van der Waals surface area contributed by atoms with Gasteiger partial charge in [0.15, 0.2) is 5.69 Å². The van der Waals surface area contributed by atoms with Crippen LogP contribution >= 0.6 is 22.9 Å². The molecule has 0 fully saturated rings. The molecule has 0 saturated heterocycles. The predicted molar refractivity (Wildman–Crippen MR) is 138 cm³/mol. The number of hydrogen-bond donors (Lipinski definition) is 2. The normalized spacial score (nSPS) is 11.5. The molecule has 0 bridgehead atoms. The van der Waals surface area contributed by atoms with Gasteiger partial charge in [-0.15, -0.1) is 11.3 Å². The van der Waals surface area contributed by atoms with Gasteiger partial charge in [-0.05, 0) is 42.0 Å². The van der Waals surface area contributed by atoms with Crippen molar-refractivity contribution in [2.24, 2.45) is 0 Å². The molecule has 4 aromatic heterocycles. The number of nitrogens with one attached hydrogen (secondary N) is 2. The van der Waals surface area contributed by atoms with E-state index in [-0.39, 0.29) is 37.9 Å². The maximum atomic E-state index is 13.6. The Bertz CT molecular complexity index is 1850. The summed E-state index contributed by atoms with van der Waals surface area (Å²) in [5.74, 6) is 0.110. The zero-order valence-electron chi connectivity index (χ0n) is 19.5. The van der Waals surface area contributed by atoms with Crippen LogP contribution in [0, 0.1) is 0 Å². The van der Waals surface area contributed by atoms with E-state index in [0.29, 0.717) is 5.69 Å². The van der Waals surface area contributed by atoms with E-state index in [2.05, 4.69) is 19.9 Å². The lowest BCUT2D eigenvalue weighted by molar-refractivity contribution is -0.141. The van der Waals surface area contributed by atoms with Gasteiger partial charge in [0.05, 0.1) is 27.8 Å². The largest absolute Gasteiger partial charge is 0.488 e. The molecule has 2 N–H and O–H groups in total. The molecule has 14 heteroatoms. The SMILES string of the molecule is O=c1[nH]cc(-c2cc(-c3cc(Cl)cc(OCc4scnc4C(F)(F)F)c3)c(=O)n(-c3cccnc3)c2)c(=O)[nH]1. The Morgan fingerprint density at radius 3 is 2.62 bits per heavy atom. The Balaban J connectivity index is 1.62. The molecular weight excluding hydrogens is 559 g/mol. The predicted octanol–water partition coefficient (Wildman–Crippen LogP) is 4.65. The smallest absolute Gasteiger partial charge is 0.434 e. The minimum Gasteiger partial charge on any atom is -0.488 e. The maximum Gasteiger partial charge on any atom is 0.434 e. The van der Waals surface area contributed by atoms with Gasteiger partial charge < -0.3 is 9.72 Å². The van der Waals surface area contributed by atoms with Crippen LogP contribution in [0.5, 0.6) is 5.75 Å². The van der Waals surface area contributed by atoms with Crippen molar-refractivity contribution in [1.82, 2.24) is 24.5 Å². The first kappa shape index (κ1) is 26.1. The highest BCUT2D eigenvalue weighted by atomic mass is 35.5. The molecule has 0 aliphatic rings. The van der Waals surface area contributed by atoms with Crippen LogP contribution in [0.15, 0.2) is 81.1 Å². The van der Waals surface area contributed by atoms with E-state index in [4.69, 9.17) is 16.3 Å². The van der Waals surface area contributed by atoms with Gasteiger partial charge in [-0.3, -0.25) is 24.1 Å². The minimum atomic E-state index is -4.63. The third-order valence-corrected chi connectivity index (χ3v) is 6.56. The quantitative estimate of drug-likeness (QED) is 0.305. The molecule has 0 amide bonds. The third kappa shape index (κ3) is 5.54. The van der Waals surface area contributed by atoms with Gasteiger partial charge in [-0.25, -0.2) is 9.78 Å². The number of nitrogens with zero attached hydrogens (tertiary/aromatic N) is 3. The molecule has 0 aliphatic heterocycles. The fourth-order valence-corrected chi connectivity index (χ4v) is 4.72. The van der Waals surface area contributed by atoms with Crippen LogP contribution < -0.4 is 21.5 Å². The Hall–Kier alpha value is -4.49. The summed E-state index contributed by atoms with van der Waals surface area (Å²) >= 11 is 7.09. The maximum absolute atomic E-state index is 13.6. The molecule has 198 valence electrons. The van der Waals surface area contributed by atoms with Gasteiger partial charge in [0.1, 0.15) is 12.4 Å². The zero-order valence-corrected chi connectivity index (χ0v) is 21.0. The lowest BCUT2D eigenvalue weighted by Gasteiger charge is -2.13. The second-order valence-corrected chi connectivity index (χ2v) is 9.48. The average Bonchev–Trinajstić information content (AvgIpc) is 3.38. The number of benzene rings is 1. The molecule has 4 heterocycles. The van der Waals surface area contributed by atoms with E-state index in [9.17, 15) is 27.6 Å². The molecule has 0 spiro atoms. The molecule has 1 aromatic carbocycles. The summed E-state index contributed by atoms with van der Waals surface area (Å²) < 4.78 is 46.4. The highest BCUT2D eigenvalue weighted by Crippen LogP contribution is 2.34. The minimum absolute atomic E-state index is 0.0804. The van der Waals surface area contributed by atoms with E-state index in [1.54, 1.807) is 12.1 Å². The number of ether oxygens (including phenoxy) is 1. The number of hydrogen-bond acceptors (Lipinski definition) is 7. The summed E-state index contributed by atoms with van der Waals surface area (Å²) in [5, 5.41) is 0.155. The van der Waals surface area contributed by atoms with Gasteiger partial charge in [-0.2, -0.15) is 13.2 Å². The summed E-state index contributed by atoms with van der Waals surface area (Å²) in [4.78, 5) is 49.5. The fraction of sp³-hybridized carbons (Fsp3) is 0.0800. The van der Waals surface area contributed by atoms with E-state index in [1.807, 2.05) is 0 Å². The van der Waals surface area contributed by atoms with Crippen molar-refractivity contribution in [2.45, 2.75) is 12.8 Å². The van der Waals surface area contributed by atoms with Crippen LogP contribution in [0.4, 0.5) is 13.2 Å². The van der Waals surface area contributed by atoms with Crippen molar-refractivity contribution >= 4 is 22.9 Å². The van der Waals surface area contributed by atoms with Crippen molar-refractivity contribution in [3.8, 4) is 33.7 Å². The molecular formula is C25H15ClF3N5O4S. The van der Waals surface area contributed by atoms with Gasteiger partial charge in [0.2, 0.25) is 0 Å². The Labute approximate surface area is 225 Å². The number of thiazole rings is 1. The lowest BCUT2D eigenvalue weighted by Crippen LogP contribution is -2.24.